The Balaban J connectivity index is 2.37. The van der Waals surface area contributed by atoms with Crippen molar-refractivity contribution in [2.45, 2.75) is 20.3 Å². The summed E-state index contributed by atoms with van der Waals surface area (Å²) in [6.07, 6.45) is 0.721. The number of carbonyl (C=O) groups excluding carboxylic acids is 1. The summed E-state index contributed by atoms with van der Waals surface area (Å²) in [7, 11) is 0. The molecule has 4 nitrogen and oxygen atoms in total. The molecular weight excluding hydrogens is 268 g/mol. The molecule has 1 aliphatic rings. The second-order valence-electron chi connectivity index (χ2n) is 4.82. The standard InChI is InChI=1S/C14H15ClO4/c1-7(8(2)14(17)18)12(16)11-6-10(15)5-9-3-4-19-13(9)11/h5-8H,3-4H2,1-2H3,(H,17,18). The van der Waals surface area contributed by atoms with Crippen molar-refractivity contribution in [3.8, 4) is 5.75 Å². The molecule has 1 aromatic carbocycles. The number of halogens is 1. The number of fused-ring (bicyclic) bond motifs is 1. The third-order valence-electron chi connectivity index (χ3n) is 3.57. The van der Waals surface area contributed by atoms with E-state index in [0.717, 1.165) is 12.0 Å². The highest BCUT2D eigenvalue weighted by atomic mass is 35.5. The van der Waals surface area contributed by atoms with Crippen molar-refractivity contribution >= 4 is 23.4 Å². The molecule has 0 fully saturated rings. The number of aliphatic carboxylic acids is 1. The lowest BCUT2D eigenvalue weighted by Crippen LogP contribution is -2.25. The molecule has 1 heterocycles. The topological polar surface area (TPSA) is 63.6 Å². The average Bonchev–Trinajstić information content (AvgIpc) is 2.82. The molecule has 19 heavy (non-hydrogen) atoms. The van der Waals surface area contributed by atoms with Crippen LogP contribution in [0.4, 0.5) is 0 Å². The lowest BCUT2D eigenvalue weighted by atomic mass is 9.87. The molecule has 0 spiro atoms. The Morgan fingerprint density at radius 2 is 2.00 bits per heavy atom. The summed E-state index contributed by atoms with van der Waals surface area (Å²) in [6.45, 7) is 3.67. The smallest absolute Gasteiger partial charge is 0.306 e. The largest absolute Gasteiger partial charge is 0.492 e. The van der Waals surface area contributed by atoms with E-state index in [1.807, 2.05) is 0 Å². The molecule has 0 saturated heterocycles. The Morgan fingerprint density at radius 1 is 1.32 bits per heavy atom. The Hall–Kier alpha value is -1.55. The molecule has 1 N–H and O–H groups in total. The lowest BCUT2D eigenvalue weighted by Gasteiger charge is -2.16. The van der Waals surface area contributed by atoms with Crippen molar-refractivity contribution in [1.82, 2.24) is 0 Å². The van der Waals surface area contributed by atoms with Crippen molar-refractivity contribution < 1.29 is 19.4 Å². The van der Waals surface area contributed by atoms with E-state index in [-0.39, 0.29) is 5.78 Å². The van der Waals surface area contributed by atoms with Gasteiger partial charge in [0, 0.05) is 17.4 Å². The number of Topliss-reactive ketones (excluding diaryl/α,β-unsaturated/α-hetero) is 1. The Labute approximate surface area is 116 Å². The lowest BCUT2D eigenvalue weighted by molar-refractivity contribution is -0.142. The van der Waals surface area contributed by atoms with Crippen molar-refractivity contribution in [2.24, 2.45) is 11.8 Å². The number of hydrogen-bond acceptors (Lipinski definition) is 3. The van der Waals surface area contributed by atoms with E-state index >= 15 is 0 Å². The molecule has 2 unspecified atom stereocenters. The Morgan fingerprint density at radius 3 is 2.63 bits per heavy atom. The van der Waals surface area contributed by atoms with Gasteiger partial charge in [-0.15, -0.1) is 0 Å². The van der Waals surface area contributed by atoms with Crippen molar-refractivity contribution in [1.29, 1.82) is 0 Å². The van der Waals surface area contributed by atoms with E-state index in [9.17, 15) is 9.59 Å². The van der Waals surface area contributed by atoms with E-state index in [4.69, 9.17) is 21.4 Å². The molecule has 1 aliphatic heterocycles. The normalized spacial score (nSPS) is 16.4. The first-order chi connectivity index (χ1) is 8.91. The zero-order valence-electron chi connectivity index (χ0n) is 10.8. The van der Waals surface area contributed by atoms with Gasteiger partial charge in [-0.3, -0.25) is 9.59 Å². The van der Waals surface area contributed by atoms with Crippen LogP contribution in [0.25, 0.3) is 0 Å². The van der Waals surface area contributed by atoms with Gasteiger partial charge in [-0.05, 0) is 17.7 Å². The molecule has 0 bridgehead atoms. The molecule has 1 aromatic rings. The number of hydrogen-bond donors (Lipinski definition) is 1. The predicted octanol–water partition coefficient (Wildman–Crippen LogP) is 2.81. The molecule has 2 atom stereocenters. The summed E-state index contributed by atoms with van der Waals surface area (Å²) in [5.41, 5.74) is 1.30. The summed E-state index contributed by atoms with van der Waals surface area (Å²) in [6, 6.07) is 3.34. The van der Waals surface area contributed by atoms with Gasteiger partial charge in [-0.2, -0.15) is 0 Å². The van der Waals surface area contributed by atoms with Crippen LogP contribution in [-0.2, 0) is 11.2 Å². The van der Waals surface area contributed by atoms with Crippen LogP contribution in [0.2, 0.25) is 5.02 Å². The van der Waals surface area contributed by atoms with Gasteiger partial charge in [-0.1, -0.05) is 25.4 Å². The van der Waals surface area contributed by atoms with Crippen LogP contribution in [0.15, 0.2) is 12.1 Å². The summed E-state index contributed by atoms with van der Waals surface area (Å²) in [4.78, 5) is 23.4. The van der Waals surface area contributed by atoms with E-state index in [2.05, 4.69) is 0 Å². The molecule has 102 valence electrons. The number of carbonyl (C=O) groups is 2. The minimum Gasteiger partial charge on any atom is -0.492 e. The van der Waals surface area contributed by atoms with Gasteiger partial charge >= 0.3 is 5.97 Å². The minimum absolute atomic E-state index is 0.240. The number of rotatable bonds is 4. The van der Waals surface area contributed by atoms with Crippen LogP contribution in [0.5, 0.6) is 5.75 Å². The average molecular weight is 283 g/mol. The number of carboxylic acids is 1. The number of benzene rings is 1. The van der Waals surface area contributed by atoms with Crippen LogP contribution in [0.1, 0.15) is 29.8 Å². The van der Waals surface area contributed by atoms with Gasteiger partial charge in [-0.25, -0.2) is 0 Å². The van der Waals surface area contributed by atoms with Crippen LogP contribution in [-0.4, -0.2) is 23.5 Å². The number of carboxylic acid groups (broad SMARTS) is 1. The highest BCUT2D eigenvalue weighted by Gasteiger charge is 2.30. The van der Waals surface area contributed by atoms with Crippen LogP contribution in [0.3, 0.4) is 0 Å². The van der Waals surface area contributed by atoms with Crippen molar-refractivity contribution in [2.75, 3.05) is 6.61 Å². The fourth-order valence-electron chi connectivity index (χ4n) is 2.14. The SMILES string of the molecule is CC(C(=O)O)C(C)C(=O)c1cc(Cl)cc2c1OCC2. The zero-order valence-corrected chi connectivity index (χ0v) is 11.5. The molecule has 5 heteroatoms. The summed E-state index contributed by atoms with van der Waals surface area (Å²) in [5.74, 6) is -2.04. The zero-order chi connectivity index (χ0) is 14.2. The fraction of sp³-hybridized carbons (Fsp3) is 0.429. The maximum atomic E-state index is 12.4. The first-order valence-corrected chi connectivity index (χ1v) is 6.52. The molecule has 0 saturated carbocycles. The van der Waals surface area contributed by atoms with Gasteiger partial charge in [0.05, 0.1) is 18.1 Å². The van der Waals surface area contributed by atoms with E-state index in [1.54, 1.807) is 19.1 Å². The highest BCUT2D eigenvalue weighted by Crippen LogP contribution is 2.35. The molecular formula is C14H15ClO4. The Kier molecular flexibility index (Phi) is 3.80. The monoisotopic (exact) mass is 282 g/mol. The number of ether oxygens (including phenoxy) is 1. The quantitative estimate of drug-likeness (QED) is 0.863. The maximum absolute atomic E-state index is 12.4. The van der Waals surface area contributed by atoms with Gasteiger partial charge in [0.15, 0.2) is 5.78 Å². The van der Waals surface area contributed by atoms with Gasteiger partial charge in [0.25, 0.3) is 0 Å². The van der Waals surface area contributed by atoms with E-state index in [1.165, 1.54) is 6.92 Å². The molecule has 2 rings (SSSR count). The highest BCUT2D eigenvalue weighted by molar-refractivity contribution is 6.31. The third-order valence-corrected chi connectivity index (χ3v) is 3.79. The van der Waals surface area contributed by atoms with Crippen LogP contribution in [0, 0.1) is 11.8 Å². The summed E-state index contributed by atoms with van der Waals surface area (Å²) >= 11 is 6.00. The molecule has 0 amide bonds. The van der Waals surface area contributed by atoms with Gasteiger partial charge < -0.3 is 9.84 Å². The fourth-order valence-corrected chi connectivity index (χ4v) is 2.38. The second kappa shape index (κ2) is 5.21. The van der Waals surface area contributed by atoms with E-state index < -0.39 is 17.8 Å². The number of ketones is 1. The van der Waals surface area contributed by atoms with E-state index in [0.29, 0.717) is 22.9 Å². The third kappa shape index (κ3) is 2.59. The van der Waals surface area contributed by atoms with Crippen LogP contribution < -0.4 is 4.74 Å². The first kappa shape index (κ1) is 13.9. The summed E-state index contributed by atoms with van der Waals surface area (Å²) < 4.78 is 5.47. The summed E-state index contributed by atoms with van der Waals surface area (Å²) in [5, 5.41) is 9.46. The minimum atomic E-state index is -0.986. The van der Waals surface area contributed by atoms with Gasteiger partial charge in [0.2, 0.25) is 0 Å². The van der Waals surface area contributed by atoms with Crippen molar-refractivity contribution in [3.05, 3.63) is 28.3 Å². The van der Waals surface area contributed by atoms with Crippen LogP contribution >= 0.6 is 11.6 Å². The molecule has 0 radical (unpaired) electrons. The molecule has 0 aromatic heterocycles. The maximum Gasteiger partial charge on any atom is 0.306 e. The first-order valence-electron chi connectivity index (χ1n) is 6.14. The Bertz CT molecular complexity index is 538. The second-order valence-corrected chi connectivity index (χ2v) is 5.26. The van der Waals surface area contributed by atoms with Crippen molar-refractivity contribution in [3.63, 3.8) is 0 Å². The molecule has 0 aliphatic carbocycles. The predicted molar refractivity (Wildman–Crippen MR) is 70.9 cm³/mol. The van der Waals surface area contributed by atoms with Gasteiger partial charge in [0.1, 0.15) is 5.75 Å².